The Morgan fingerprint density at radius 3 is 2.47 bits per heavy atom. The summed E-state index contributed by atoms with van der Waals surface area (Å²) < 4.78 is 31.8. The van der Waals surface area contributed by atoms with E-state index in [9.17, 15) is 18.9 Å². The lowest BCUT2D eigenvalue weighted by molar-refractivity contribution is -0.387. The van der Waals surface area contributed by atoms with Gasteiger partial charge in [0, 0.05) is 19.2 Å². The summed E-state index contributed by atoms with van der Waals surface area (Å²) in [6.07, 6.45) is 0. The van der Waals surface area contributed by atoms with Crippen LogP contribution in [0.4, 0.5) is 20.2 Å². The van der Waals surface area contributed by atoms with Crippen LogP contribution in [0.3, 0.4) is 0 Å². The molecule has 0 fully saturated rings. The van der Waals surface area contributed by atoms with Gasteiger partial charge in [-0.3, -0.25) is 10.1 Å². The number of hydrogen-bond acceptors (Lipinski definition) is 4. The topological polar surface area (TPSA) is 64.4 Å². The number of ether oxygens (including phenoxy) is 1. The molecule has 0 aliphatic heterocycles. The summed E-state index contributed by atoms with van der Waals surface area (Å²) >= 11 is 0. The van der Waals surface area contributed by atoms with Gasteiger partial charge in [-0.05, 0) is 5.92 Å². The minimum Gasteiger partial charge on any atom is -0.383 e. The first-order valence-electron chi connectivity index (χ1n) is 5.75. The number of nitro benzene ring substituents is 1. The predicted molar refractivity (Wildman–Crippen MR) is 67.1 cm³/mol. The third kappa shape index (κ3) is 3.85. The average molecular weight is 274 g/mol. The second-order valence-electron chi connectivity index (χ2n) is 4.49. The Labute approximate surface area is 109 Å². The zero-order valence-electron chi connectivity index (χ0n) is 10.9. The lowest BCUT2D eigenvalue weighted by Gasteiger charge is -2.22. The fourth-order valence-electron chi connectivity index (χ4n) is 1.57. The molecule has 5 nitrogen and oxygen atoms in total. The molecule has 7 heteroatoms. The third-order valence-electron chi connectivity index (χ3n) is 2.73. The molecule has 0 aliphatic carbocycles. The highest BCUT2D eigenvalue weighted by Crippen LogP contribution is 2.26. The molecular formula is C12H16F2N2O3. The summed E-state index contributed by atoms with van der Waals surface area (Å²) in [5, 5.41) is 13.4. The molecule has 0 amide bonds. The van der Waals surface area contributed by atoms with Gasteiger partial charge in [0.2, 0.25) is 5.82 Å². The number of benzene rings is 1. The molecule has 1 rings (SSSR count). The van der Waals surface area contributed by atoms with Crippen LogP contribution in [0.25, 0.3) is 0 Å². The summed E-state index contributed by atoms with van der Waals surface area (Å²) in [7, 11) is 1.50. The Morgan fingerprint density at radius 1 is 1.37 bits per heavy atom. The largest absolute Gasteiger partial charge is 0.383 e. The number of rotatable bonds is 6. The highest BCUT2D eigenvalue weighted by atomic mass is 19.1. The smallest absolute Gasteiger partial charge is 0.307 e. The highest BCUT2D eigenvalue weighted by Gasteiger charge is 2.21. The van der Waals surface area contributed by atoms with Gasteiger partial charge in [0.1, 0.15) is 5.82 Å². The van der Waals surface area contributed by atoms with Crippen LogP contribution < -0.4 is 5.32 Å². The molecule has 1 aromatic rings. The minimum absolute atomic E-state index is 0.108. The lowest BCUT2D eigenvalue weighted by Crippen LogP contribution is -2.30. The molecule has 0 saturated heterocycles. The Morgan fingerprint density at radius 2 is 2.00 bits per heavy atom. The molecule has 0 heterocycles. The van der Waals surface area contributed by atoms with Gasteiger partial charge >= 0.3 is 5.69 Å². The number of nitrogens with one attached hydrogen (secondary N) is 1. The molecule has 1 unspecified atom stereocenters. The van der Waals surface area contributed by atoms with E-state index in [0.717, 1.165) is 6.07 Å². The molecule has 0 aromatic heterocycles. The van der Waals surface area contributed by atoms with E-state index >= 15 is 0 Å². The molecular weight excluding hydrogens is 258 g/mol. The van der Waals surface area contributed by atoms with Crippen molar-refractivity contribution in [3.63, 3.8) is 0 Å². The fourth-order valence-corrected chi connectivity index (χ4v) is 1.57. The van der Waals surface area contributed by atoms with Crippen molar-refractivity contribution in [1.82, 2.24) is 0 Å². The monoisotopic (exact) mass is 274 g/mol. The summed E-state index contributed by atoms with van der Waals surface area (Å²) in [5.41, 5.74) is -0.868. The van der Waals surface area contributed by atoms with Crippen molar-refractivity contribution in [3.05, 3.63) is 33.9 Å². The van der Waals surface area contributed by atoms with E-state index < -0.39 is 22.2 Å². The van der Waals surface area contributed by atoms with Gasteiger partial charge in [0.05, 0.1) is 23.3 Å². The first-order chi connectivity index (χ1) is 8.86. The lowest BCUT2D eigenvalue weighted by atomic mass is 10.0. The van der Waals surface area contributed by atoms with Crippen molar-refractivity contribution in [3.8, 4) is 0 Å². The van der Waals surface area contributed by atoms with Gasteiger partial charge in [-0.1, -0.05) is 13.8 Å². The zero-order chi connectivity index (χ0) is 14.6. The number of nitrogens with zero attached hydrogens (tertiary/aromatic N) is 1. The molecule has 1 N–H and O–H groups in total. The van der Waals surface area contributed by atoms with Crippen LogP contribution >= 0.6 is 0 Å². The van der Waals surface area contributed by atoms with Gasteiger partial charge < -0.3 is 10.1 Å². The van der Waals surface area contributed by atoms with Crippen LogP contribution in [-0.4, -0.2) is 24.7 Å². The number of nitro groups is 1. The van der Waals surface area contributed by atoms with Crippen LogP contribution in [-0.2, 0) is 4.74 Å². The van der Waals surface area contributed by atoms with Gasteiger partial charge in [-0.2, -0.15) is 4.39 Å². The standard InChI is InChI=1S/C12H16F2N2O3/c1-7(2)11(6-19-3)15-10-5-12(16(17)18)9(14)4-8(10)13/h4-5,7,11,15H,6H2,1-3H3. The number of hydrogen-bond donors (Lipinski definition) is 1. The first-order valence-corrected chi connectivity index (χ1v) is 5.75. The summed E-state index contributed by atoms with van der Waals surface area (Å²) in [6.45, 7) is 4.10. The normalized spacial score (nSPS) is 12.5. The molecule has 0 saturated carbocycles. The van der Waals surface area contributed by atoms with E-state index in [1.54, 1.807) is 0 Å². The van der Waals surface area contributed by atoms with Crippen LogP contribution in [0.5, 0.6) is 0 Å². The van der Waals surface area contributed by atoms with Crippen molar-refractivity contribution in [2.75, 3.05) is 19.0 Å². The van der Waals surface area contributed by atoms with Crippen LogP contribution in [0.15, 0.2) is 12.1 Å². The average Bonchev–Trinajstić information content (AvgIpc) is 2.30. The third-order valence-corrected chi connectivity index (χ3v) is 2.73. The number of halogens is 2. The van der Waals surface area contributed by atoms with Crippen LogP contribution in [0.1, 0.15) is 13.8 Å². The van der Waals surface area contributed by atoms with E-state index in [2.05, 4.69) is 5.32 Å². The number of anilines is 1. The molecule has 0 aliphatic rings. The molecule has 1 atom stereocenters. The highest BCUT2D eigenvalue weighted by molar-refractivity contribution is 5.53. The maximum Gasteiger partial charge on any atom is 0.307 e. The van der Waals surface area contributed by atoms with Crippen molar-refractivity contribution in [1.29, 1.82) is 0 Å². The predicted octanol–water partition coefficient (Wildman–Crippen LogP) is 2.96. The Bertz CT molecular complexity index is 467. The Balaban J connectivity index is 3.05. The van der Waals surface area contributed by atoms with Crippen molar-refractivity contribution in [2.24, 2.45) is 5.92 Å². The quantitative estimate of drug-likeness (QED) is 0.640. The molecule has 19 heavy (non-hydrogen) atoms. The van der Waals surface area contributed by atoms with E-state index in [-0.39, 0.29) is 17.6 Å². The van der Waals surface area contributed by atoms with Gasteiger partial charge in [-0.15, -0.1) is 0 Å². The van der Waals surface area contributed by atoms with E-state index in [1.165, 1.54) is 7.11 Å². The zero-order valence-corrected chi connectivity index (χ0v) is 10.9. The minimum atomic E-state index is -1.19. The van der Waals surface area contributed by atoms with Gasteiger partial charge in [0.15, 0.2) is 0 Å². The maximum absolute atomic E-state index is 13.6. The fraction of sp³-hybridized carbons (Fsp3) is 0.500. The molecule has 1 aromatic carbocycles. The Kier molecular flexibility index (Phi) is 5.17. The van der Waals surface area contributed by atoms with Crippen LogP contribution in [0, 0.1) is 27.7 Å². The van der Waals surface area contributed by atoms with E-state index in [0.29, 0.717) is 12.7 Å². The van der Waals surface area contributed by atoms with Crippen molar-refractivity contribution in [2.45, 2.75) is 19.9 Å². The first kappa shape index (κ1) is 15.3. The molecule has 0 radical (unpaired) electrons. The SMILES string of the molecule is COCC(Nc1cc([N+](=O)[O-])c(F)cc1F)C(C)C. The van der Waals surface area contributed by atoms with Crippen molar-refractivity contribution >= 4 is 11.4 Å². The molecule has 0 spiro atoms. The van der Waals surface area contributed by atoms with Crippen LogP contribution in [0.2, 0.25) is 0 Å². The van der Waals surface area contributed by atoms with Crippen molar-refractivity contribution < 1.29 is 18.4 Å². The molecule has 106 valence electrons. The molecule has 0 bridgehead atoms. The maximum atomic E-state index is 13.6. The second kappa shape index (κ2) is 6.42. The van der Waals surface area contributed by atoms with E-state index in [1.807, 2.05) is 13.8 Å². The van der Waals surface area contributed by atoms with E-state index in [4.69, 9.17) is 4.74 Å². The summed E-state index contributed by atoms with van der Waals surface area (Å²) in [5.74, 6) is -1.95. The van der Waals surface area contributed by atoms with Gasteiger partial charge in [-0.25, -0.2) is 4.39 Å². The van der Waals surface area contributed by atoms with Gasteiger partial charge in [0.25, 0.3) is 0 Å². The Hall–Kier alpha value is -1.76. The number of methoxy groups -OCH3 is 1. The summed E-state index contributed by atoms with van der Waals surface area (Å²) in [6, 6.07) is 1.13. The summed E-state index contributed by atoms with van der Waals surface area (Å²) in [4.78, 5) is 9.73. The second-order valence-corrected chi connectivity index (χ2v) is 4.49.